The number of rotatable bonds is 7. The number of amides is 1. The van der Waals surface area contributed by atoms with Crippen LogP contribution in [0.3, 0.4) is 0 Å². The summed E-state index contributed by atoms with van der Waals surface area (Å²) in [5, 5.41) is 7.48. The summed E-state index contributed by atoms with van der Waals surface area (Å²) in [5.74, 6) is -0.739. The first-order valence-corrected chi connectivity index (χ1v) is 9.64. The molecule has 0 saturated heterocycles. The fourth-order valence-electron chi connectivity index (χ4n) is 2.81. The van der Waals surface area contributed by atoms with E-state index in [9.17, 15) is 9.59 Å². The number of methoxy groups -OCH3 is 1. The zero-order valence-electron chi connectivity index (χ0n) is 16.4. The standard InChI is InChI=1S/C18H24N4O4S/c1-10-12(11(2)20-17(19-10)27-6)7-8-14(23)21-18(3,4)15-13(9-26-22-15)16(24)25-5/h9H,7-8H2,1-6H3,(H,21,23). The lowest BCUT2D eigenvalue weighted by molar-refractivity contribution is -0.122. The molecule has 0 unspecified atom stereocenters. The van der Waals surface area contributed by atoms with Crippen LogP contribution >= 0.6 is 11.8 Å². The molecule has 146 valence electrons. The van der Waals surface area contributed by atoms with Gasteiger partial charge in [-0.05, 0) is 45.9 Å². The third-order valence-electron chi connectivity index (χ3n) is 4.20. The van der Waals surface area contributed by atoms with Crippen molar-refractivity contribution in [3.8, 4) is 0 Å². The maximum atomic E-state index is 12.5. The van der Waals surface area contributed by atoms with Crippen molar-refractivity contribution in [2.75, 3.05) is 13.4 Å². The number of hydrogen-bond donors (Lipinski definition) is 1. The van der Waals surface area contributed by atoms with Crippen LogP contribution < -0.4 is 5.32 Å². The molecule has 0 atom stereocenters. The normalized spacial score (nSPS) is 11.3. The smallest absolute Gasteiger partial charge is 0.343 e. The molecule has 0 fully saturated rings. The molecule has 0 aliphatic carbocycles. The third-order valence-corrected chi connectivity index (χ3v) is 4.75. The minimum absolute atomic E-state index is 0.174. The second-order valence-electron chi connectivity index (χ2n) is 6.60. The highest BCUT2D eigenvalue weighted by Gasteiger charge is 2.32. The van der Waals surface area contributed by atoms with Crippen molar-refractivity contribution in [2.24, 2.45) is 0 Å². The predicted octanol–water partition coefficient (Wildman–Crippen LogP) is 2.57. The van der Waals surface area contributed by atoms with Gasteiger partial charge < -0.3 is 14.6 Å². The first kappa shape index (κ1) is 20.9. The van der Waals surface area contributed by atoms with E-state index in [0.29, 0.717) is 12.1 Å². The number of aromatic nitrogens is 3. The Morgan fingerprint density at radius 3 is 2.44 bits per heavy atom. The van der Waals surface area contributed by atoms with E-state index in [4.69, 9.17) is 9.26 Å². The molecule has 27 heavy (non-hydrogen) atoms. The van der Waals surface area contributed by atoms with E-state index in [2.05, 4.69) is 20.4 Å². The van der Waals surface area contributed by atoms with E-state index in [0.717, 1.165) is 22.1 Å². The summed E-state index contributed by atoms with van der Waals surface area (Å²) >= 11 is 1.49. The lowest BCUT2D eigenvalue weighted by Crippen LogP contribution is -2.42. The molecule has 0 aliphatic heterocycles. The number of ether oxygens (including phenoxy) is 1. The fraction of sp³-hybridized carbons (Fsp3) is 0.500. The Bertz CT molecular complexity index is 825. The Kier molecular flexibility index (Phi) is 6.59. The summed E-state index contributed by atoms with van der Waals surface area (Å²) < 4.78 is 9.62. The molecule has 2 aromatic rings. The molecular formula is C18H24N4O4S. The Morgan fingerprint density at radius 2 is 1.89 bits per heavy atom. The van der Waals surface area contributed by atoms with Gasteiger partial charge >= 0.3 is 5.97 Å². The monoisotopic (exact) mass is 392 g/mol. The van der Waals surface area contributed by atoms with Crippen molar-refractivity contribution in [1.82, 2.24) is 20.4 Å². The van der Waals surface area contributed by atoms with Gasteiger partial charge in [-0.3, -0.25) is 4.79 Å². The van der Waals surface area contributed by atoms with E-state index < -0.39 is 11.5 Å². The van der Waals surface area contributed by atoms with Gasteiger partial charge in [0.25, 0.3) is 0 Å². The maximum absolute atomic E-state index is 12.5. The number of nitrogens with zero attached hydrogens (tertiary/aromatic N) is 3. The van der Waals surface area contributed by atoms with Crippen LogP contribution in [0.2, 0.25) is 0 Å². The fourth-order valence-corrected chi connectivity index (χ4v) is 3.27. The van der Waals surface area contributed by atoms with Gasteiger partial charge in [0.1, 0.15) is 17.5 Å². The van der Waals surface area contributed by atoms with Crippen molar-refractivity contribution in [3.05, 3.63) is 34.5 Å². The molecule has 0 radical (unpaired) electrons. The summed E-state index contributed by atoms with van der Waals surface area (Å²) in [6.45, 7) is 7.34. The highest BCUT2D eigenvalue weighted by molar-refractivity contribution is 7.98. The van der Waals surface area contributed by atoms with Crippen LogP contribution in [0.5, 0.6) is 0 Å². The summed E-state index contributed by atoms with van der Waals surface area (Å²) in [6, 6.07) is 0. The zero-order valence-corrected chi connectivity index (χ0v) is 17.2. The molecule has 0 saturated carbocycles. The van der Waals surface area contributed by atoms with Gasteiger partial charge in [0.15, 0.2) is 5.16 Å². The van der Waals surface area contributed by atoms with Gasteiger partial charge in [-0.15, -0.1) is 0 Å². The third kappa shape index (κ3) is 4.85. The quantitative estimate of drug-likeness (QED) is 0.435. The van der Waals surface area contributed by atoms with Crippen LogP contribution in [-0.4, -0.2) is 40.4 Å². The van der Waals surface area contributed by atoms with Crippen molar-refractivity contribution >= 4 is 23.6 Å². The topological polar surface area (TPSA) is 107 Å². The number of thioether (sulfide) groups is 1. The van der Waals surface area contributed by atoms with Crippen LogP contribution in [0.4, 0.5) is 0 Å². The molecule has 2 aromatic heterocycles. The molecule has 0 aromatic carbocycles. The second-order valence-corrected chi connectivity index (χ2v) is 7.37. The molecule has 8 nitrogen and oxygen atoms in total. The average Bonchev–Trinajstić information content (AvgIpc) is 3.10. The Hall–Kier alpha value is -2.42. The largest absolute Gasteiger partial charge is 0.465 e. The minimum atomic E-state index is -0.892. The van der Waals surface area contributed by atoms with Gasteiger partial charge in [0.05, 0.1) is 12.6 Å². The predicted molar refractivity (Wildman–Crippen MR) is 101 cm³/mol. The first-order valence-electron chi connectivity index (χ1n) is 8.42. The number of nitrogens with one attached hydrogen (secondary N) is 1. The number of esters is 1. The Morgan fingerprint density at radius 1 is 1.26 bits per heavy atom. The number of carbonyl (C=O) groups is 2. The summed E-state index contributed by atoms with van der Waals surface area (Å²) in [6.07, 6.45) is 3.93. The molecule has 1 N–H and O–H groups in total. The van der Waals surface area contributed by atoms with Crippen molar-refractivity contribution < 1.29 is 18.8 Å². The van der Waals surface area contributed by atoms with E-state index in [1.807, 2.05) is 20.1 Å². The van der Waals surface area contributed by atoms with Crippen LogP contribution in [0.15, 0.2) is 15.9 Å². The molecule has 1 amide bonds. The van der Waals surface area contributed by atoms with Gasteiger partial charge in [0.2, 0.25) is 5.91 Å². The molecule has 0 aliphatic rings. The van der Waals surface area contributed by atoms with Crippen LogP contribution in [-0.2, 0) is 21.5 Å². The molecule has 0 bridgehead atoms. The van der Waals surface area contributed by atoms with E-state index in [1.54, 1.807) is 13.8 Å². The van der Waals surface area contributed by atoms with Gasteiger partial charge in [-0.2, -0.15) is 0 Å². The molecular weight excluding hydrogens is 368 g/mol. The molecule has 9 heteroatoms. The highest BCUT2D eigenvalue weighted by Crippen LogP contribution is 2.24. The molecule has 2 heterocycles. The molecule has 0 spiro atoms. The summed E-state index contributed by atoms with van der Waals surface area (Å²) in [7, 11) is 1.28. The highest BCUT2D eigenvalue weighted by atomic mass is 32.2. The zero-order chi connectivity index (χ0) is 20.2. The van der Waals surface area contributed by atoms with Crippen molar-refractivity contribution in [3.63, 3.8) is 0 Å². The lowest BCUT2D eigenvalue weighted by Gasteiger charge is -2.24. The maximum Gasteiger partial charge on any atom is 0.343 e. The number of carbonyl (C=O) groups excluding carboxylic acids is 2. The number of aryl methyl sites for hydroxylation is 2. The minimum Gasteiger partial charge on any atom is -0.465 e. The van der Waals surface area contributed by atoms with Crippen LogP contribution in [0.1, 0.15) is 53.3 Å². The first-order chi connectivity index (χ1) is 12.7. The van der Waals surface area contributed by atoms with E-state index in [1.165, 1.54) is 25.1 Å². The van der Waals surface area contributed by atoms with E-state index >= 15 is 0 Å². The Labute approximate surface area is 162 Å². The van der Waals surface area contributed by atoms with Crippen LogP contribution in [0.25, 0.3) is 0 Å². The SMILES string of the molecule is COC(=O)c1conc1C(C)(C)NC(=O)CCc1c(C)nc(SC)nc1C. The summed E-state index contributed by atoms with van der Waals surface area (Å²) in [4.78, 5) is 33.2. The lowest BCUT2D eigenvalue weighted by atomic mass is 9.96. The molecule has 2 rings (SSSR count). The van der Waals surface area contributed by atoms with Gasteiger partial charge in [-0.1, -0.05) is 16.9 Å². The van der Waals surface area contributed by atoms with Crippen molar-refractivity contribution in [2.45, 2.75) is 51.2 Å². The average molecular weight is 392 g/mol. The number of hydrogen-bond acceptors (Lipinski definition) is 8. The van der Waals surface area contributed by atoms with Gasteiger partial charge in [0, 0.05) is 17.8 Å². The van der Waals surface area contributed by atoms with Crippen molar-refractivity contribution in [1.29, 1.82) is 0 Å². The van der Waals surface area contributed by atoms with Gasteiger partial charge in [-0.25, -0.2) is 14.8 Å². The van der Waals surface area contributed by atoms with Crippen LogP contribution in [0, 0.1) is 13.8 Å². The Balaban J connectivity index is 2.08. The summed E-state index contributed by atoms with van der Waals surface area (Å²) in [5.41, 5.74) is 2.35. The van der Waals surface area contributed by atoms with E-state index in [-0.39, 0.29) is 17.9 Å². The second kappa shape index (κ2) is 8.51.